The molecule has 1 aliphatic carbocycles. The number of nitrogens with zero attached hydrogens (tertiary/aromatic N) is 2. The van der Waals surface area contributed by atoms with Crippen LogP contribution in [0.4, 0.5) is 14.6 Å². The monoisotopic (exact) mass is 577 g/mol. The molecule has 0 saturated carbocycles. The molecule has 0 fully saturated rings. The van der Waals surface area contributed by atoms with Gasteiger partial charge in [0.25, 0.3) is 0 Å². The third-order valence-electron chi connectivity index (χ3n) is 6.79. The van der Waals surface area contributed by atoms with Crippen molar-refractivity contribution in [1.29, 1.82) is 0 Å². The topological polar surface area (TPSA) is 104 Å². The maximum atomic E-state index is 14.8. The van der Waals surface area contributed by atoms with E-state index >= 15 is 0 Å². The van der Waals surface area contributed by atoms with Crippen LogP contribution in [0.2, 0.25) is 0 Å². The molecular weight excluding hydrogens is 548 g/mol. The number of aryl methyl sites for hydroxylation is 1. The van der Waals surface area contributed by atoms with E-state index in [1.54, 1.807) is 50.3 Å². The lowest BCUT2D eigenvalue weighted by atomic mass is 10.0. The number of benzene rings is 3. The van der Waals surface area contributed by atoms with Crippen molar-refractivity contribution in [1.82, 2.24) is 9.78 Å². The maximum absolute atomic E-state index is 14.8. The number of carbonyl (C=O) groups excluding carboxylic acids is 1. The quantitative estimate of drug-likeness (QED) is 0.237. The third kappa shape index (κ3) is 5.92. The SMILES string of the molecule is Cc1cc(Oc2ccccc2F)ccc1-n1ncc(C(=O)C2=Cc3cc(F)c(CS(=O)(=O)CC(C)C)cc3C2)c1N. The molecule has 0 bridgehead atoms. The molecule has 0 saturated heterocycles. The Balaban J connectivity index is 1.35. The van der Waals surface area contributed by atoms with Crippen LogP contribution in [0, 0.1) is 24.5 Å². The van der Waals surface area contributed by atoms with Crippen LogP contribution in [0.1, 0.15) is 46.5 Å². The minimum absolute atomic E-state index is 0.0322. The predicted molar refractivity (Wildman–Crippen MR) is 154 cm³/mol. The summed E-state index contributed by atoms with van der Waals surface area (Å²) in [5.74, 6) is -1.29. The minimum Gasteiger partial charge on any atom is -0.454 e. The zero-order chi connectivity index (χ0) is 29.5. The molecule has 1 heterocycles. The van der Waals surface area contributed by atoms with E-state index in [2.05, 4.69) is 5.10 Å². The Morgan fingerprint density at radius 3 is 2.56 bits per heavy atom. The number of allylic oxidation sites excluding steroid dienone is 1. The number of carbonyl (C=O) groups is 1. The van der Waals surface area contributed by atoms with Crippen molar-refractivity contribution < 1.29 is 26.7 Å². The van der Waals surface area contributed by atoms with Gasteiger partial charge in [-0.1, -0.05) is 32.0 Å². The summed E-state index contributed by atoms with van der Waals surface area (Å²) in [5, 5.41) is 4.32. The Morgan fingerprint density at radius 2 is 1.85 bits per heavy atom. The number of Topliss-reactive ketones (excluding diaryl/α,β-unsaturated/α-hetero) is 1. The van der Waals surface area contributed by atoms with E-state index in [9.17, 15) is 22.0 Å². The van der Waals surface area contributed by atoms with Gasteiger partial charge in [-0.25, -0.2) is 21.9 Å². The van der Waals surface area contributed by atoms with E-state index in [0.29, 0.717) is 28.1 Å². The van der Waals surface area contributed by atoms with Crippen LogP contribution in [0.3, 0.4) is 0 Å². The number of sulfone groups is 1. The van der Waals surface area contributed by atoms with Crippen molar-refractivity contribution in [3.63, 3.8) is 0 Å². The first-order valence-corrected chi connectivity index (χ1v) is 14.9. The van der Waals surface area contributed by atoms with E-state index in [-0.39, 0.29) is 46.6 Å². The third-order valence-corrected chi connectivity index (χ3v) is 8.71. The number of fused-ring (bicyclic) bond motifs is 1. The number of nitrogen functional groups attached to an aromatic ring is 1. The molecule has 7 nitrogen and oxygen atoms in total. The highest BCUT2D eigenvalue weighted by atomic mass is 32.2. The summed E-state index contributed by atoms with van der Waals surface area (Å²) >= 11 is 0. The second-order valence-electron chi connectivity index (χ2n) is 10.6. The summed E-state index contributed by atoms with van der Waals surface area (Å²) in [5.41, 5.74) is 9.60. The summed E-state index contributed by atoms with van der Waals surface area (Å²) in [6.07, 6.45) is 3.20. The lowest BCUT2D eigenvalue weighted by Crippen LogP contribution is -2.15. The molecule has 1 aromatic heterocycles. The molecule has 10 heteroatoms. The van der Waals surface area contributed by atoms with Gasteiger partial charge in [-0.15, -0.1) is 0 Å². The van der Waals surface area contributed by atoms with E-state index in [1.165, 1.54) is 35.1 Å². The summed E-state index contributed by atoms with van der Waals surface area (Å²) in [6.45, 7) is 5.41. The van der Waals surface area contributed by atoms with E-state index in [1.807, 2.05) is 6.92 Å². The van der Waals surface area contributed by atoms with Gasteiger partial charge in [0.2, 0.25) is 0 Å². The van der Waals surface area contributed by atoms with Crippen molar-refractivity contribution in [3.05, 3.63) is 106 Å². The molecule has 4 aromatic rings. The van der Waals surface area contributed by atoms with Crippen LogP contribution < -0.4 is 10.5 Å². The fraction of sp³-hybridized carbons (Fsp3) is 0.226. The van der Waals surface area contributed by atoms with Gasteiger partial charge in [-0.2, -0.15) is 5.10 Å². The minimum atomic E-state index is -3.48. The summed E-state index contributed by atoms with van der Waals surface area (Å²) < 4.78 is 60.7. The van der Waals surface area contributed by atoms with Gasteiger partial charge < -0.3 is 10.5 Å². The summed E-state index contributed by atoms with van der Waals surface area (Å²) in [4.78, 5) is 13.4. The van der Waals surface area contributed by atoms with Crippen LogP contribution in [-0.4, -0.2) is 29.7 Å². The van der Waals surface area contributed by atoms with Crippen molar-refractivity contribution in [2.24, 2.45) is 5.92 Å². The fourth-order valence-electron chi connectivity index (χ4n) is 4.96. The highest BCUT2D eigenvalue weighted by molar-refractivity contribution is 7.90. The van der Waals surface area contributed by atoms with Gasteiger partial charge in [0.1, 0.15) is 17.4 Å². The number of rotatable bonds is 9. The number of aromatic nitrogens is 2. The zero-order valence-corrected chi connectivity index (χ0v) is 23.6. The van der Waals surface area contributed by atoms with Crippen LogP contribution in [0.15, 0.2) is 66.4 Å². The highest BCUT2D eigenvalue weighted by Crippen LogP contribution is 2.33. The average molecular weight is 578 g/mol. The molecule has 0 atom stereocenters. The van der Waals surface area contributed by atoms with E-state index in [0.717, 1.165) is 5.56 Å². The second kappa shape index (κ2) is 10.9. The molecule has 212 valence electrons. The number of nitrogens with two attached hydrogens (primary N) is 1. The highest BCUT2D eigenvalue weighted by Gasteiger charge is 2.26. The van der Waals surface area contributed by atoms with Crippen LogP contribution in [-0.2, 0) is 22.0 Å². The number of anilines is 1. The van der Waals surface area contributed by atoms with Gasteiger partial charge in [0, 0.05) is 17.6 Å². The molecule has 3 aromatic carbocycles. The Kier molecular flexibility index (Phi) is 7.52. The zero-order valence-electron chi connectivity index (χ0n) is 22.8. The van der Waals surface area contributed by atoms with Crippen molar-refractivity contribution in [2.45, 2.75) is 32.9 Å². The maximum Gasteiger partial charge on any atom is 0.194 e. The van der Waals surface area contributed by atoms with Crippen molar-refractivity contribution in [3.8, 4) is 17.2 Å². The number of ether oxygens (including phenoxy) is 1. The second-order valence-corrected chi connectivity index (χ2v) is 12.7. The molecule has 0 amide bonds. The van der Waals surface area contributed by atoms with Crippen LogP contribution in [0.5, 0.6) is 11.5 Å². The Bertz CT molecular complexity index is 1810. The van der Waals surface area contributed by atoms with Gasteiger partial charge in [0.15, 0.2) is 27.2 Å². The summed E-state index contributed by atoms with van der Waals surface area (Å²) in [6, 6.07) is 14.0. The molecule has 0 aliphatic heterocycles. The largest absolute Gasteiger partial charge is 0.454 e. The van der Waals surface area contributed by atoms with Crippen LogP contribution >= 0.6 is 0 Å². The average Bonchev–Trinajstić information content (AvgIpc) is 3.47. The molecule has 41 heavy (non-hydrogen) atoms. The molecule has 0 unspecified atom stereocenters. The Hall–Kier alpha value is -4.31. The normalized spacial score (nSPS) is 12.9. The first kappa shape index (κ1) is 28.2. The van der Waals surface area contributed by atoms with Crippen molar-refractivity contribution >= 4 is 27.5 Å². The number of halogens is 2. The van der Waals surface area contributed by atoms with Gasteiger partial charge >= 0.3 is 0 Å². The number of ketones is 1. The number of para-hydroxylation sites is 1. The first-order chi connectivity index (χ1) is 19.4. The molecule has 2 N–H and O–H groups in total. The van der Waals surface area contributed by atoms with E-state index < -0.39 is 27.2 Å². The van der Waals surface area contributed by atoms with Crippen LogP contribution in [0.25, 0.3) is 11.8 Å². The fourth-order valence-corrected chi connectivity index (χ4v) is 6.79. The Labute approximate surface area is 237 Å². The summed E-state index contributed by atoms with van der Waals surface area (Å²) in [7, 11) is -3.48. The molecule has 1 aliphatic rings. The van der Waals surface area contributed by atoms with E-state index in [4.69, 9.17) is 10.5 Å². The number of hydrogen-bond acceptors (Lipinski definition) is 6. The number of hydrogen-bond donors (Lipinski definition) is 1. The van der Waals surface area contributed by atoms with Crippen molar-refractivity contribution in [2.75, 3.05) is 11.5 Å². The lowest BCUT2D eigenvalue weighted by molar-refractivity contribution is 0.103. The van der Waals surface area contributed by atoms with Gasteiger partial charge in [-0.05, 0) is 72.0 Å². The smallest absolute Gasteiger partial charge is 0.194 e. The molecule has 5 rings (SSSR count). The molecular formula is C31H29F2N3O4S. The molecule has 0 radical (unpaired) electrons. The van der Waals surface area contributed by atoms with Gasteiger partial charge in [0.05, 0.1) is 29.0 Å². The van der Waals surface area contributed by atoms with Gasteiger partial charge in [-0.3, -0.25) is 4.79 Å². The first-order valence-electron chi connectivity index (χ1n) is 13.1. The lowest BCUT2D eigenvalue weighted by Gasteiger charge is -2.12. The Morgan fingerprint density at radius 1 is 1.10 bits per heavy atom. The predicted octanol–water partition coefficient (Wildman–Crippen LogP) is 6.23. The standard InChI is InChI=1S/C31H29F2N3O4S/c1-18(2)16-41(38,39)17-23-13-20-11-22(12-21(20)14-27(23)33)30(37)25-15-35-36(31(25)34)28-9-8-24(10-19(28)3)40-29-7-5-4-6-26(29)32/h4-10,12-15,18H,11,16-17,34H2,1-3H3. The molecule has 0 spiro atoms.